The number of likely N-dealkylation sites (tertiary alicyclic amines) is 1. The first-order valence-electron chi connectivity index (χ1n) is 15.2. The molecule has 2 atom stereocenters. The van der Waals surface area contributed by atoms with Gasteiger partial charge in [0.15, 0.2) is 0 Å². The number of imide groups is 1. The van der Waals surface area contributed by atoms with Crippen LogP contribution in [0.15, 0.2) is 35.1 Å². The van der Waals surface area contributed by atoms with Gasteiger partial charge < -0.3 is 10.2 Å². The number of nitrogens with zero attached hydrogens (tertiary/aromatic N) is 6. The Balaban J connectivity index is 0.937. The number of aryl methyl sites for hydroxylation is 1. The first-order valence-corrected chi connectivity index (χ1v) is 17.3. The molecule has 2 N–H and O–H groups in total. The Labute approximate surface area is 262 Å². The SMILES string of the molecule is Cn1nc(C2CCC(=O)NC2=O)c2ccc(C3CCN(CCCS(=O)N4CCC(Nc5ncc(Br)cn5)CC4)CC3)cc21. The van der Waals surface area contributed by atoms with E-state index in [4.69, 9.17) is 5.10 Å². The van der Waals surface area contributed by atoms with Crippen molar-refractivity contribution in [3.05, 3.63) is 46.3 Å². The second-order valence-corrected chi connectivity index (χ2v) is 14.3. The van der Waals surface area contributed by atoms with Gasteiger partial charge in [0.25, 0.3) is 0 Å². The zero-order valence-corrected chi connectivity index (χ0v) is 26.9. The van der Waals surface area contributed by atoms with E-state index in [1.54, 1.807) is 12.4 Å². The summed E-state index contributed by atoms with van der Waals surface area (Å²) < 4.78 is 17.8. The van der Waals surface area contributed by atoms with Crippen LogP contribution in [-0.2, 0) is 27.6 Å². The number of rotatable bonds is 9. The number of nitrogens with one attached hydrogen (secondary N) is 2. The number of carbonyl (C=O) groups excluding carboxylic acids is 2. The number of benzene rings is 1. The largest absolute Gasteiger partial charge is 0.351 e. The molecule has 0 spiro atoms. The molecular weight excluding hydrogens is 632 g/mol. The molecule has 230 valence electrons. The molecule has 3 aromatic rings. The van der Waals surface area contributed by atoms with Crippen LogP contribution in [-0.4, -0.2) is 89.5 Å². The van der Waals surface area contributed by atoms with Gasteiger partial charge in [0.1, 0.15) is 0 Å². The van der Waals surface area contributed by atoms with Crippen molar-refractivity contribution in [1.29, 1.82) is 0 Å². The van der Waals surface area contributed by atoms with Crippen molar-refractivity contribution in [1.82, 2.24) is 34.3 Å². The molecule has 3 aliphatic heterocycles. The van der Waals surface area contributed by atoms with Gasteiger partial charge in [0.05, 0.1) is 32.6 Å². The van der Waals surface area contributed by atoms with Crippen LogP contribution in [0, 0.1) is 0 Å². The van der Waals surface area contributed by atoms with Crippen molar-refractivity contribution >= 4 is 55.6 Å². The van der Waals surface area contributed by atoms with Gasteiger partial charge in [-0.1, -0.05) is 12.1 Å². The van der Waals surface area contributed by atoms with E-state index >= 15 is 0 Å². The Morgan fingerprint density at radius 3 is 2.51 bits per heavy atom. The molecule has 3 aliphatic rings. The highest BCUT2D eigenvalue weighted by molar-refractivity contribution is 9.10. The Hall–Kier alpha value is -2.74. The lowest BCUT2D eigenvalue weighted by Gasteiger charge is -2.33. The van der Waals surface area contributed by atoms with Gasteiger partial charge in [0.2, 0.25) is 17.8 Å². The van der Waals surface area contributed by atoms with Crippen LogP contribution in [0.25, 0.3) is 10.9 Å². The lowest BCUT2D eigenvalue weighted by molar-refractivity contribution is -0.134. The van der Waals surface area contributed by atoms with Gasteiger partial charge in [-0.15, -0.1) is 0 Å². The molecule has 0 bridgehead atoms. The van der Waals surface area contributed by atoms with Crippen molar-refractivity contribution in [3.8, 4) is 0 Å². The van der Waals surface area contributed by atoms with Crippen molar-refractivity contribution in [2.45, 2.75) is 62.8 Å². The first-order chi connectivity index (χ1) is 20.8. The number of carbonyl (C=O) groups is 2. The van der Waals surface area contributed by atoms with E-state index in [-0.39, 0.29) is 17.7 Å². The number of aromatic nitrogens is 4. The predicted octanol–water partition coefficient (Wildman–Crippen LogP) is 3.46. The third kappa shape index (κ3) is 7.16. The monoisotopic (exact) mass is 670 g/mol. The standard InChI is InChI=1S/C30H39BrN8O3S/c1-37-26-17-21(3-4-24(26)28(36-37)25-5-6-27(40)35-29(25)41)20-7-12-38(13-8-20)11-2-16-43(42)39-14-9-23(10-15-39)34-30-32-18-22(31)19-33-30/h3-4,17-20,23,25H,2,5-16H2,1H3,(H,32,33,34)(H,35,40,41). The zero-order chi connectivity index (χ0) is 29.9. The fourth-order valence-electron chi connectivity index (χ4n) is 6.57. The van der Waals surface area contributed by atoms with Crippen LogP contribution in [0.4, 0.5) is 5.95 Å². The van der Waals surface area contributed by atoms with Crippen molar-refractivity contribution in [2.24, 2.45) is 7.05 Å². The molecule has 3 saturated heterocycles. The molecular formula is C30H39BrN8O3S. The number of halogens is 1. The molecule has 43 heavy (non-hydrogen) atoms. The second kappa shape index (κ2) is 13.5. The Morgan fingerprint density at radius 1 is 1.05 bits per heavy atom. The predicted molar refractivity (Wildman–Crippen MR) is 170 cm³/mol. The smallest absolute Gasteiger partial charge is 0.235 e. The van der Waals surface area contributed by atoms with Gasteiger partial charge in [0, 0.05) is 56.1 Å². The maximum Gasteiger partial charge on any atom is 0.235 e. The summed E-state index contributed by atoms with van der Waals surface area (Å²) in [5.41, 5.74) is 3.11. The molecule has 5 heterocycles. The summed E-state index contributed by atoms with van der Waals surface area (Å²) in [7, 11) is 0.982. The molecule has 0 aliphatic carbocycles. The number of piperidine rings is 3. The Morgan fingerprint density at radius 2 is 1.79 bits per heavy atom. The molecule has 0 saturated carbocycles. The van der Waals surface area contributed by atoms with E-state index in [0.717, 1.165) is 85.9 Å². The highest BCUT2D eigenvalue weighted by Crippen LogP contribution is 2.34. The van der Waals surface area contributed by atoms with E-state index in [2.05, 4.69) is 63.9 Å². The molecule has 2 aromatic heterocycles. The van der Waals surface area contributed by atoms with E-state index < -0.39 is 11.0 Å². The average Bonchev–Trinajstić information content (AvgIpc) is 3.34. The third-order valence-corrected chi connectivity index (χ3v) is 11.0. The minimum absolute atomic E-state index is 0.207. The van der Waals surface area contributed by atoms with Crippen LogP contribution in [0.2, 0.25) is 0 Å². The Kier molecular flexibility index (Phi) is 9.51. The summed E-state index contributed by atoms with van der Waals surface area (Å²) in [6.45, 7) is 4.70. The highest BCUT2D eigenvalue weighted by atomic mass is 79.9. The summed E-state index contributed by atoms with van der Waals surface area (Å²) in [5, 5.41) is 11.5. The van der Waals surface area contributed by atoms with E-state index in [0.29, 0.717) is 36.5 Å². The summed E-state index contributed by atoms with van der Waals surface area (Å²) in [5.74, 6) is 0.999. The number of fused-ring (bicyclic) bond motifs is 1. The van der Waals surface area contributed by atoms with Crippen LogP contribution >= 0.6 is 15.9 Å². The molecule has 2 unspecified atom stereocenters. The maximum absolute atomic E-state index is 13.0. The molecule has 2 amide bonds. The summed E-state index contributed by atoms with van der Waals surface area (Å²) in [6, 6.07) is 6.83. The minimum Gasteiger partial charge on any atom is -0.351 e. The first kappa shape index (κ1) is 30.3. The van der Waals surface area contributed by atoms with Gasteiger partial charge in [-0.3, -0.25) is 19.6 Å². The summed E-state index contributed by atoms with van der Waals surface area (Å²) >= 11 is 3.36. The summed E-state index contributed by atoms with van der Waals surface area (Å²) in [4.78, 5) is 35.2. The normalized spacial score (nSPS) is 22.1. The van der Waals surface area contributed by atoms with Gasteiger partial charge in [-0.2, -0.15) is 5.10 Å². The number of hydrogen-bond donors (Lipinski definition) is 2. The van der Waals surface area contributed by atoms with Gasteiger partial charge in [-0.25, -0.2) is 18.5 Å². The van der Waals surface area contributed by atoms with E-state index in [1.807, 2.05) is 11.7 Å². The lowest BCUT2D eigenvalue weighted by atomic mass is 9.88. The van der Waals surface area contributed by atoms with Crippen LogP contribution < -0.4 is 10.6 Å². The van der Waals surface area contributed by atoms with Crippen LogP contribution in [0.1, 0.15) is 68.0 Å². The topological polar surface area (TPSA) is 125 Å². The highest BCUT2D eigenvalue weighted by Gasteiger charge is 2.32. The summed E-state index contributed by atoms with van der Waals surface area (Å²) in [6.07, 6.45) is 9.32. The minimum atomic E-state index is -0.940. The quantitative estimate of drug-likeness (QED) is 0.332. The molecule has 1 aromatic carbocycles. The van der Waals surface area contributed by atoms with Crippen molar-refractivity contribution in [3.63, 3.8) is 0 Å². The van der Waals surface area contributed by atoms with Crippen LogP contribution in [0.3, 0.4) is 0 Å². The van der Waals surface area contributed by atoms with E-state index in [9.17, 15) is 13.8 Å². The molecule has 6 rings (SSSR count). The number of anilines is 1. The molecule has 11 nitrogen and oxygen atoms in total. The average molecular weight is 672 g/mol. The molecule has 0 radical (unpaired) electrons. The third-order valence-electron chi connectivity index (χ3n) is 9.02. The Bertz CT molecular complexity index is 1480. The van der Waals surface area contributed by atoms with Crippen LogP contribution in [0.5, 0.6) is 0 Å². The van der Waals surface area contributed by atoms with E-state index in [1.165, 1.54) is 5.56 Å². The second-order valence-electron chi connectivity index (χ2n) is 11.9. The van der Waals surface area contributed by atoms with Crippen molar-refractivity contribution < 1.29 is 13.8 Å². The van der Waals surface area contributed by atoms with Crippen molar-refractivity contribution in [2.75, 3.05) is 43.8 Å². The maximum atomic E-state index is 13.0. The fourth-order valence-corrected chi connectivity index (χ4v) is 8.03. The van der Waals surface area contributed by atoms with Gasteiger partial charge in [-0.05, 0) is 91.6 Å². The van der Waals surface area contributed by atoms with Gasteiger partial charge >= 0.3 is 0 Å². The number of hydrogen-bond acceptors (Lipinski definition) is 8. The zero-order valence-electron chi connectivity index (χ0n) is 24.5. The fraction of sp³-hybridized carbons (Fsp3) is 0.567. The molecule has 13 heteroatoms. The number of amides is 2. The molecule has 3 fully saturated rings. The lowest BCUT2D eigenvalue weighted by Crippen LogP contribution is -2.41.